The lowest BCUT2D eigenvalue weighted by Gasteiger charge is -2.27. The molecule has 25 heavy (non-hydrogen) atoms. The van der Waals surface area contributed by atoms with Crippen molar-refractivity contribution in [3.05, 3.63) is 40.1 Å². The highest BCUT2D eigenvalue weighted by Crippen LogP contribution is 2.31. The lowest BCUT2D eigenvalue weighted by Crippen LogP contribution is -2.35. The lowest BCUT2D eigenvalue weighted by molar-refractivity contribution is 0.301. The average molecular weight is 375 g/mol. The predicted molar refractivity (Wildman–Crippen MR) is 106 cm³/mol. The molecule has 1 aromatic heterocycles. The summed E-state index contributed by atoms with van der Waals surface area (Å²) in [6, 6.07) is 7.80. The third-order valence-corrected chi connectivity index (χ3v) is 4.15. The second-order valence-corrected chi connectivity index (χ2v) is 6.86. The van der Waals surface area contributed by atoms with E-state index in [1.165, 1.54) is 0 Å². The number of hydrogen-bond donors (Lipinski definition) is 0. The number of hydrogen-bond acceptors (Lipinski definition) is 3. The van der Waals surface area contributed by atoms with E-state index in [0.717, 1.165) is 5.56 Å². The molecular weight excluding hydrogens is 355 g/mol. The van der Waals surface area contributed by atoms with Crippen molar-refractivity contribution in [1.82, 2.24) is 14.9 Å². The van der Waals surface area contributed by atoms with Crippen LogP contribution in [0.1, 0.15) is 33.4 Å². The first-order valence-electron chi connectivity index (χ1n) is 7.95. The second-order valence-electron chi connectivity index (χ2n) is 6.07. The van der Waals surface area contributed by atoms with Crippen molar-refractivity contribution in [2.45, 2.75) is 39.8 Å². The fourth-order valence-corrected chi connectivity index (χ4v) is 2.84. The van der Waals surface area contributed by atoms with Crippen molar-refractivity contribution in [1.29, 1.82) is 0 Å². The summed E-state index contributed by atoms with van der Waals surface area (Å²) in [5.41, 5.74) is 1.81. The van der Waals surface area contributed by atoms with Gasteiger partial charge in [-0.15, -0.1) is 6.42 Å². The fraction of sp³-hybridized carbons (Fsp3) is 0.316. The molecule has 2 aromatic rings. The van der Waals surface area contributed by atoms with Gasteiger partial charge < -0.3 is 4.90 Å². The van der Waals surface area contributed by atoms with Gasteiger partial charge in [0, 0.05) is 17.1 Å². The largest absolute Gasteiger partial charge is 0.358 e. The van der Waals surface area contributed by atoms with Gasteiger partial charge in [0.25, 0.3) is 5.95 Å². The maximum Gasteiger partial charge on any atom is 0.253 e. The summed E-state index contributed by atoms with van der Waals surface area (Å²) in [6.45, 7) is 8.37. The Balaban J connectivity index is 2.43. The minimum atomic E-state index is 0.238. The van der Waals surface area contributed by atoms with Gasteiger partial charge in [-0.2, -0.15) is 4.98 Å². The predicted octanol–water partition coefficient (Wildman–Crippen LogP) is 5.21. The molecule has 1 heterocycles. The summed E-state index contributed by atoms with van der Waals surface area (Å²) in [4.78, 5) is 15.1. The van der Waals surface area contributed by atoms with Crippen LogP contribution in [0.4, 0.5) is 5.95 Å². The van der Waals surface area contributed by atoms with Gasteiger partial charge in [-0.05, 0) is 51.3 Å². The van der Waals surface area contributed by atoms with Gasteiger partial charge in [0.2, 0.25) is 0 Å². The molecule has 130 valence electrons. The first-order chi connectivity index (χ1) is 11.8. The molecule has 1 aromatic carbocycles. The van der Waals surface area contributed by atoms with Crippen LogP contribution >= 0.6 is 23.2 Å². The van der Waals surface area contributed by atoms with Crippen molar-refractivity contribution in [2.75, 3.05) is 0 Å². The summed E-state index contributed by atoms with van der Waals surface area (Å²) in [6.07, 6.45) is 7.35. The van der Waals surface area contributed by atoms with E-state index in [9.17, 15) is 0 Å². The van der Waals surface area contributed by atoms with Crippen molar-refractivity contribution < 1.29 is 0 Å². The van der Waals surface area contributed by atoms with Crippen LogP contribution in [-0.4, -0.2) is 33.3 Å². The van der Waals surface area contributed by atoms with Crippen LogP contribution in [0.5, 0.6) is 0 Å². The number of terminal acetylenes is 1. The Hall–Kier alpha value is -2.09. The first-order valence-corrected chi connectivity index (χ1v) is 8.70. The number of benzene rings is 1. The third-order valence-electron chi connectivity index (χ3n) is 3.62. The Morgan fingerprint density at radius 2 is 1.68 bits per heavy atom. The van der Waals surface area contributed by atoms with E-state index < -0.39 is 0 Å². The van der Waals surface area contributed by atoms with Gasteiger partial charge in [0.05, 0.1) is 11.9 Å². The molecule has 0 aliphatic heterocycles. The van der Waals surface area contributed by atoms with Crippen LogP contribution in [0.3, 0.4) is 0 Å². The zero-order chi connectivity index (χ0) is 18.6. The minimum absolute atomic E-state index is 0.238. The van der Waals surface area contributed by atoms with E-state index in [0.29, 0.717) is 28.4 Å². The highest BCUT2D eigenvalue weighted by Gasteiger charge is 2.14. The molecule has 0 amide bonds. The highest BCUT2D eigenvalue weighted by molar-refractivity contribution is 6.32. The monoisotopic (exact) mass is 374 g/mol. The van der Waals surface area contributed by atoms with E-state index >= 15 is 0 Å². The number of halogens is 2. The van der Waals surface area contributed by atoms with E-state index in [1.54, 1.807) is 18.5 Å². The van der Waals surface area contributed by atoms with Crippen molar-refractivity contribution >= 4 is 35.5 Å². The van der Waals surface area contributed by atoms with E-state index in [1.807, 2.05) is 12.1 Å². The first kappa shape index (κ1) is 19.2. The number of aliphatic imine (C=N–C) groups is 1. The molecule has 0 atom stereocenters. The van der Waals surface area contributed by atoms with Crippen molar-refractivity contribution in [3.8, 4) is 23.5 Å². The number of nitrogens with zero attached hydrogens (tertiary/aromatic N) is 4. The van der Waals surface area contributed by atoms with Crippen molar-refractivity contribution in [2.24, 2.45) is 4.99 Å². The SMILES string of the molecule is C#Cc1nc(N=CN(C(C)C)C(C)C)nc(Cl)c1-c1ccc(Cl)cc1. The maximum atomic E-state index is 6.36. The van der Waals surface area contributed by atoms with Crippen molar-refractivity contribution in [3.63, 3.8) is 0 Å². The van der Waals surface area contributed by atoms with E-state index in [4.69, 9.17) is 29.6 Å². The van der Waals surface area contributed by atoms with E-state index in [2.05, 4.69) is 53.5 Å². The molecule has 0 fully saturated rings. The van der Waals surface area contributed by atoms with E-state index in [-0.39, 0.29) is 11.1 Å². The molecule has 0 aliphatic carbocycles. The molecule has 0 bridgehead atoms. The molecule has 0 unspecified atom stereocenters. The molecule has 0 aliphatic rings. The average Bonchev–Trinajstić information content (AvgIpc) is 2.55. The number of aromatic nitrogens is 2. The van der Waals surface area contributed by atoms with Gasteiger partial charge >= 0.3 is 0 Å². The summed E-state index contributed by atoms with van der Waals surface area (Å²) >= 11 is 12.3. The second kappa shape index (κ2) is 8.33. The Morgan fingerprint density at radius 3 is 2.20 bits per heavy atom. The highest BCUT2D eigenvalue weighted by atomic mass is 35.5. The van der Waals surface area contributed by atoms with Crippen LogP contribution in [-0.2, 0) is 0 Å². The molecule has 0 N–H and O–H groups in total. The maximum absolute atomic E-state index is 6.36. The normalized spacial score (nSPS) is 11.3. The Morgan fingerprint density at radius 1 is 1.08 bits per heavy atom. The summed E-state index contributed by atoms with van der Waals surface area (Å²) < 4.78 is 0. The molecule has 2 rings (SSSR count). The Labute approximate surface area is 158 Å². The molecule has 0 saturated heterocycles. The smallest absolute Gasteiger partial charge is 0.253 e. The lowest BCUT2D eigenvalue weighted by atomic mass is 10.1. The molecule has 0 saturated carbocycles. The summed E-state index contributed by atoms with van der Waals surface area (Å²) in [5, 5.41) is 0.893. The quantitative estimate of drug-likeness (QED) is 0.312. The zero-order valence-electron chi connectivity index (χ0n) is 14.7. The number of rotatable bonds is 5. The Bertz CT molecular complexity index is 797. The van der Waals surface area contributed by atoms with Gasteiger partial charge in [-0.3, -0.25) is 0 Å². The third kappa shape index (κ3) is 4.72. The van der Waals surface area contributed by atoms with Gasteiger partial charge in [-0.25, -0.2) is 9.98 Å². The van der Waals surface area contributed by atoms with Crippen LogP contribution < -0.4 is 0 Å². The molecule has 0 radical (unpaired) electrons. The van der Waals surface area contributed by atoms with Crippen LogP contribution in [0.25, 0.3) is 11.1 Å². The molecular formula is C19H20Cl2N4. The van der Waals surface area contributed by atoms with Crippen LogP contribution in [0, 0.1) is 12.3 Å². The van der Waals surface area contributed by atoms with Gasteiger partial charge in [0.1, 0.15) is 10.8 Å². The molecule has 4 nitrogen and oxygen atoms in total. The van der Waals surface area contributed by atoms with Crippen LogP contribution in [0.2, 0.25) is 10.2 Å². The Kier molecular flexibility index (Phi) is 6.41. The standard InChI is InChI=1S/C19H20Cl2N4/c1-6-16-17(14-7-9-15(20)10-8-14)18(21)24-19(23-16)22-11-25(12(2)3)13(4)5/h1,7-13H,2-5H3. The fourth-order valence-electron chi connectivity index (χ4n) is 2.44. The summed E-state index contributed by atoms with van der Waals surface area (Å²) in [5.74, 6) is 2.80. The van der Waals surface area contributed by atoms with Gasteiger partial charge in [0.15, 0.2) is 0 Å². The molecule has 0 spiro atoms. The van der Waals surface area contributed by atoms with Gasteiger partial charge in [-0.1, -0.05) is 35.3 Å². The minimum Gasteiger partial charge on any atom is -0.358 e. The van der Waals surface area contributed by atoms with Crippen LogP contribution in [0.15, 0.2) is 29.3 Å². The topological polar surface area (TPSA) is 41.4 Å². The molecule has 6 heteroatoms. The zero-order valence-corrected chi connectivity index (χ0v) is 16.2. The summed E-state index contributed by atoms with van der Waals surface area (Å²) in [7, 11) is 0.